The van der Waals surface area contributed by atoms with Gasteiger partial charge in [0.15, 0.2) is 5.82 Å². The molecule has 0 fully saturated rings. The van der Waals surface area contributed by atoms with E-state index in [1.54, 1.807) is 12.1 Å². The second kappa shape index (κ2) is 3.86. The van der Waals surface area contributed by atoms with E-state index in [0.29, 0.717) is 11.4 Å². The monoisotopic (exact) mass is 227 g/mol. The van der Waals surface area contributed by atoms with Gasteiger partial charge in [0.05, 0.1) is 5.02 Å². The summed E-state index contributed by atoms with van der Waals surface area (Å²) in [5, 5.41) is 3.63. The highest BCUT2D eigenvalue weighted by Crippen LogP contribution is 2.19. The van der Waals surface area contributed by atoms with Crippen LogP contribution >= 0.6 is 11.6 Å². The second-order valence-electron chi connectivity index (χ2n) is 2.94. The normalized spacial score (nSPS) is 10.5. The molecule has 0 unspecified atom stereocenters. The molecule has 0 aliphatic carbocycles. The number of rotatable bonds is 2. The summed E-state index contributed by atoms with van der Waals surface area (Å²) in [6.45, 7) is 0. The second-order valence-corrected chi connectivity index (χ2v) is 3.35. The molecule has 2 aromatic rings. The third-order valence-electron chi connectivity index (χ3n) is 1.86. The highest BCUT2D eigenvalue weighted by molar-refractivity contribution is 6.30. The molecule has 1 heterocycles. The van der Waals surface area contributed by atoms with Crippen LogP contribution in [0.15, 0.2) is 22.7 Å². The first-order chi connectivity index (χ1) is 7.16. The molecule has 0 bridgehead atoms. The zero-order chi connectivity index (χ0) is 10.8. The Kier molecular flexibility index (Phi) is 2.55. The highest BCUT2D eigenvalue weighted by atomic mass is 35.5. The summed E-state index contributed by atoms with van der Waals surface area (Å²) in [4.78, 5) is 3.77. The number of nitrogen functional groups attached to an aromatic ring is 1. The fourth-order valence-corrected chi connectivity index (χ4v) is 1.39. The summed E-state index contributed by atoms with van der Waals surface area (Å²) < 4.78 is 18.0. The van der Waals surface area contributed by atoms with Crippen LogP contribution in [0.25, 0.3) is 0 Å². The van der Waals surface area contributed by atoms with Crippen molar-refractivity contribution in [2.24, 2.45) is 0 Å². The summed E-state index contributed by atoms with van der Waals surface area (Å²) in [5.41, 5.74) is 5.65. The van der Waals surface area contributed by atoms with Crippen molar-refractivity contribution >= 4 is 17.6 Å². The predicted molar refractivity (Wildman–Crippen MR) is 52.9 cm³/mol. The predicted octanol–water partition coefficient (Wildman–Crippen LogP) is 2.04. The lowest BCUT2D eigenvalue weighted by Gasteiger charge is -2.00. The molecule has 0 aliphatic heterocycles. The molecular formula is C9H7ClFN3O. The standard InChI is InChI=1S/C9H7ClFN3O/c10-6-3-1-2-5(8(6)11)4-7-13-9(12)15-14-7/h1-3H,4H2,(H2,12,13,14). The van der Waals surface area contributed by atoms with Gasteiger partial charge in [-0.3, -0.25) is 0 Å². The molecule has 0 atom stereocenters. The number of hydrogen-bond donors (Lipinski definition) is 1. The first kappa shape index (κ1) is 9.92. The summed E-state index contributed by atoms with van der Waals surface area (Å²) >= 11 is 5.62. The fourth-order valence-electron chi connectivity index (χ4n) is 1.19. The van der Waals surface area contributed by atoms with E-state index in [1.165, 1.54) is 6.07 Å². The van der Waals surface area contributed by atoms with E-state index in [2.05, 4.69) is 14.7 Å². The lowest BCUT2D eigenvalue weighted by atomic mass is 10.1. The van der Waals surface area contributed by atoms with Gasteiger partial charge in [-0.2, -0.15) is 4.98 Å². The summed E-state index contributed by atoms with van der Waals surface area (Å²) in [6.07, 6.45) is 0.201. The molecular weight excluding hydrogens is 221 g/mol. The van der Waals surface area contributed by atoms with Crippen molar-refractivity contribution in [2.45, 2.75) is 6.42 Å². The first-order valence-electron chi connectivity index (χ1n) is 4.18. The largest absolute Gasteiger partial charge is 0.351 e. The lowest BCUT2D eigenvalue weighted by Crippen LogP contribution is -1.95. The molecule has 0 spiro atoms. The van der Waals surface area contributed by atoms with Crippen LogP contribution in [0, 0.1) is 5.82 Å². The van der Waals surface area contributed by atoms with Crippen molar-refractivity contribution in [3.8, 4) is 0 Å². The van der Waals surface area contributed by atoms with Gasteiger partial charge in [-0.1, -0.05) is 28.9 Å². The molecule has 6 heteroatoms. The van der Waals surface area contributed by atoms with Crippen LogP contribution in [0.3, 0.4) is 0 Å². The quantitative estimate of drug-likeness (QED) is 0.853. The van der Waals surface area contributed by atoms with Crippen LogP contribution in [0.2, 0.25) is 5.02 Å². The van der Waals surface area contributed by atoms with Gasteiger partial charge in [0.2, 0.25) is 0 Å². The number of nitrogens with two attached hydrogens (primary N) is 1. The van der Waals surface area contributed by atoms with Crippen molar-refractivity contribution in [3.05, 3.63) is 40.4 Å². The molecule has 0 saturated heterocycles. The Morgan fingerprint density at radius 1 is 1.47 bits per heavy atom. The van der Waals surface area contributed by atoms with E-state index in [-0.39, 0.29) is 17.5 Å². The van der Waals surface area contributed by atoms with Gasteiger partial charge >= 0.3 is 6.01 Å². The van der Waals surface area contributed by atoms with Crippen molar-refractivity contribution < 1.29 is 8.91 Å². The molecule has 0 radical (unpaired) electrons. The van der Waals surface area contributed by atoms with Crippen LogP contribution < -0.4 is 5.73 Å². The first-order valence-corrected chi connectivity index (χ1v) is 4.55. The third-order valence-corrected chi connectivity index (χ3v) is 2.16. The number of hydrogen-bond acceptors (Lipinski definition) is 4. The SMILES string of the molecule is Nc1nc(Cc2cccc(Cl)c2F)no1. The Morgan fingerprint density at radius 2 is 2.27 bits per heavy atom. The maximum Gasteiger partial charge on any atom is 0.318 e. The van der Waals surface area contributed by atoms with E-state index in [1.807, 2.05) is 0 Å². The smallest absolute Gasteiger partial charge is 0.318 e. The minimum Gasteiger partial charge on any atom is -0.351 e. The molecule has 0 saturated carbocycles. The van der Waals surface area contributed by atoms with Crippen molar-refractivity contribution in [3.63, 3.8) is 0 Å². The Labute approximate surface area is 89.8 Å². The minimum absolute atomic E-state index is 0.0348. The van der Waals surface area contributed by atoms with Gasteiger partial charge in [-0.25, -0.2) is 4.39 Å². The molecule has 0 aliphatic rings. The van der Waals surface area contributed by atoms with Gasteiger partial charge in [0.1, 0.15) is 5.82 Å². The van der Waals surface area contributed by atoms with E-state index in [4.69, 9.17) is 17.3 Å². The van der Waals surface area contributed by atoms with Gasteiger partial charge in [0.25, 0.3) is 0 Å². The number of nitrogens with zero attached hydrogens (tertiary/aromatic N) is 2. The van der Waals surface area contributed by atoms with E-state index in [0.717, 1.165) is 0 Å². The number of benzene rings is 1. The van der Waals surface area contributed by atoms with E-state index in [9.17, 15) is 4.39 Å². The van der Waals surface area contributed by atoms with Crippen LogP contribution in [-0.4, -0.2) is 10.1 Å². The van der Waals surface area contributed by atoms with Crippen molar-refractivity contribution in [1.29, 1.82) is 0 Å². The molecule has 15 heavy (non-hydrogen) atoms. The van der Waals surface area contributed by atoms with E-state index >= 15 is 0 Å². The average molecular weight is 228 g/mol. The Hall–Kier alpha value is -1.62. The van der Waals surface area contributed by atoms with Crippen LogP contribution in [-0.2, 0) is 6.42 Å². The zero-order valence-electron chi connectivity index (χ0n) is 7.58. The molecule has 78 valence electrons. The minimum atomic E-state index is -0.470. The molecule has 1 aromatic carbocycles. The molecule has 4 nitrogen and oxygen atoms in total. The Balaban J connectivity index is 2.28. The number of halogens is 2. The van der Waals surface area contributed by atoms with Crippen molar-refractivity contribution in [2.75, 3.05) is 5.73 Å². The van der Waals surface area contributed by atoms with Gasteiger partial charge in [0, 0.05) is 6.42 Å². The van der Waals surface area contributed by atoms with Gasteiger partial charge in [-0.15, -0.1) is 0 Å². The van der Waals surface area contributed by atoms with Crippen LogP contribution in [0.5, 0.6) is 0 Å². The zero-order valence-corrected chi connectivity index (χ0v) is 8.33. The molecule has 2 N–H and O–H groups in total. The summed E-state index contributed by atoms with van der Waals surface area (Å²) in [5.74, 6) is -0.142. The van der Waals surface area contributed by atoms with Gasteiger partial charge in [-0.05, 0) is 11.6 Å². The third kappa shape index (κ3) is 2.07. The van der Waals surface area contributed by atoms with Crippen LogP contribution in [0.1, 0.15) is 11.4 Å². The Bertz CT molecular complexity index is 486. The summed E-state index contributed by atoms with van der Waals surface area (Å²) in [7, 11) is 0. The number of anilines is 1. The molecule has 2 rings (SSSR count). The maximum absolute atomic E-state index is 13.4. The average Bonchev–Trinajstić information content (AvgIpc) is 2.59. The molecule has 1 aromatic heterocycles. The van der Waals surface area contributed by atoms with Crippen LogP contribution in [0.4, 0.5) is 10.4 Å². The maximum atomic E-state index is 13.4. The van der Waals surface area contributed by atoms with E-state index < -0.39 is 5.82 Å². The summed E-state index contributed by atoms with van der Waals surface area (Å²) in [6, 6.07) is 4.70. The van der Waals surface area contributed by atoms with Crippen molar-refractivity contribution in [1.82, 2.24) is 10.1 Å². The Morgan fingerprint density at radius 3 is 2.93 bits per heavy atom. The lowest BCUT2D eigenvalue weighted by molar-refractivity contribution is 0.428. The topological polar surface area (TPSA) is 64.9 Å². The fraction of sp³-hybridized carbons (Fsp3) is 0.111. The highest BCUT2D eigenvalue weighted by Gasteiger charge is 2.10. The number of aromatic nitrogens is 2. The van der Waals surface area contributed by atoms with Gasteiger partial charge < -0.3 is 10.3 Å². The molecule has 0 amide bonds.